The van der Waals surface area contributed by atoms with Gasteiger partial charge in [-0.1, -0.05) is 66.2 Å². The molecule has 4 aromatic carbocycles. The zero-order valence-electron chi connectivity index (χ0n) is 31.1. The summed E-state index contributed by atoms with van der Waals surface area (Å²) in [6, 6.07) is 27.7. The first-order valence-electron chi connectivity index (χ1n) is 18.9. The van der Waals surface area contributed by atoms with Crippen LogP contribution in [0.3, 0.4) is 0 Å². The summed E-state index contributed by atoms with van der Waals surface area (Å²) in [6.07, 6.45) is 1.15. The lowest BCUT2D eigenvalue weighted by Crippen LogP contribution is -2.60. The average Bonchev–Trinajstić information content (AvgIpc) is 3.95. The zero-order valence-corrected chi connectivity index (χ0v) is 31.9. The second kappa shape index (κ2) is 15.4. The molecule has 8 rings (SSSR count). The summed E-state index contributed by atoms with van der Waals surface area (Å²) in [7, 11) is 4.49. The Bertz CT molecular complexity index is 2330. The number of fused-ring (bicyclic) bond motifs is 6. The molecule has 0 saturated carbocycles. The van der Waals surface area contributed by atoms with Crippen molar-refractivity contribution < 1.29 is 33.8 Å². The van der Waals surface area contributed by atoms with Crippen LogP contribution < -0.4 is 21.5 Å². The lowest BCUT2D eigenvalue weighted by Gasteiger charge is -2.45. The Morgan fingerprint density at radius 1 is 0.929 bits per heavy atom. The number of carbonyl (C=O) groups is 2. The molecule has 0 aliphatic carbocycles. The number of epoxide rings is 1. The number of morpholine rings is 1. The fraction of sp³-hybridized carbons (Fsp3) is 0.326. The van der Waals surface area contributed by atoms with Crippen molar-refractivity contribution in [3.63, 3.8) is 0 Å². The molecule has 2 amide bonds. The number of aromatic hydroxyl groups is 1. The molecule has 13 heteroatoms. The van der Waals surface area contributed by atoms with Crippen molar-refractivity contribution in [3.05, 3.63) is 123 Å². The van der Waals surface area contributed by atoms with E-state index < -0.39 is 12.2 Å². The molecular weight excluding hydrogens is 734 g/mol. The van der Waals surface area contributed by atoms with Crippen LogP contribution >= 0.6 is 11.6 Å². The summed E-state index contributed by atoms with van der Waals surface area (Å²) in [4.78, 5) is 40.8. The number of aromatic amines is 1. The number of carbonyl (C=O) groups excluding carboxylic acids is 2. The Morgan fingerprint density at radius 3 is 2.43 bits per heavy atom. The maximum Gasteiger partial charge on any atom is 0.411 e. The second-order valence-corrected chi connectivity index (χ2v) is 15.9. The Kier molecular flexibility index (Phi) is 10.3. The summed E-state index contributed by atoms with van der Waals surface area (Å²) >= 11 is 6.57. The van der Waals surface area contributed by atoms with Crippen LogP contribution in [0.4, 0.5) is 16.2 Å². The van der Waals surface area contributed by atoms with E-state index in [4.69, 9.17) is 21.1 Å². The first-order chi connectivity index (χ1) is 26.9. The van der Waals surface area contributed by atoms with Gasteiger partial charge in [0, 0.05) is 49.4 Å². The molecular formula is C43H45ClN5O7+. The summed E-state index contributed by atoms with van der Waals surface area (Å²) in [5.41, 5.74) is 5.13. The third kappa shape index (κ3) is 7.75. The maximum absolute atomic E-state index is 13.3. The monoisotopic (exact) mass is 778 g/mol. The number of rotatable bonds is 12. The van der Waals surface area contributed by atoms with Crippen molar-refractivity contribution in [2.24, 2.45) is 0 Å². The molecule has 2 bridgehead atoms. The third-order valence-electron chi connectivity index (χ3n) is 11.6. The van der Waals surface area contributed by atoms with Gasteiger partial charge >= 0.3 is 6.09 Å². The highest BCUT2D eigenvalue weighted by Crippen LogP contribution is 2.51. The van der Waals surface area contributed by atoms with E-state index in [1.165, 1.54) is 12.1 Å². The Balaban J connectivity index is 0.856. The number of phenolic OH excluding ortho intramolecular Hbond substituents is 1. The van der Waals surface area contributed by atoms with Gasteiger partial charge in [0.1, 0.15) is 36.1 Å². The molecule has 3 saturated heterocycles. The molecule has 3 fully saturated rings. The SMILES string of the molecule is C[N+]1(C)[C@@H]2CC(OC(=O)Nc3cc(CCC(=O)Nc4ccc(CNC[C@H](O)c5ccc(O)c6[nH]c(=O)ccc56)cc4Cl)ccc3-c3ccccc3)C[C@H]1[C@@H]1O[C@@H]12. The number of quaternary nitrogens is 1. The predicted molar refractivity (Wildman–Crippen MR) is 215 cm³/mol. The minimum absolute atomic E-state index is 0.0706. The van der Waals surface area contributed by atoms with Gasteiger partial charge in [-0.15, -0.1) is 0 Å². The van der Waals surface area contributed by atoms with Crippen molar-refractivity contribution in [1.82, 2.24) is 10.3 Å². The summed E-state index contributed by atoms with van der Waals surface area (Å²) in [5.74, 6) is -0.279. The van der Waals surface area contributed by atoms with Gasteiger partial charge in [0.15, 0.2) is 0 Å². The summed E-state index contributed by atoms with van der Waals surface area (Å²) in [5, 5.41) is 31.1. The van der Waals surface area contributed by atoms with Crippen LogP contribution in [0.2, 0.25) is 5.02 Å². The molecule has 0 spiro atoms. The number of likely N-dealkylation sites (N-methyl/N-ethyl adjacent to an activating group) is 1. The Labute approximate surface area is 329 Å². The number of hydrogen-bond donors (Lipinski definition) is 6. The fourth-order valence-electron chi connectivity index (χ4n) is 8.57. The van der Waals surface area contributed by atoms with Crippen LogP contribution in [0.5, 0.6) is 5.75 Å². The Hall–Kier alpha value is -5.24. The van der Waals surface area contributed by atoms with Gasteiger partial charge in [-0.25, -0.2) is 4.79 Å². The van der Waals surface area contributed by atoms with Gasteiger partial charge in [-0.3, -0.25) is 14.9 Å². The van der Waals surface area contributed by atoms with E-state index in [0.29, 0.717) is 52.4 Å². The number of phenols is 1. The third-order valence-corrected chi connectivity index (χ3v) is 11.9. The number of aromatic nitrogens is 1. The normalized spacial score (nSPS) is 22.2. The van der Waals surface area contributed by atoms with E-state index in [-0.39, 0.29) is 54.0 Å². The molecule has 12 nitrogen and oxygen atoms in total. The lowest BCUT2D eigenvalue weighted by atomic mass is 9.96. The van der Waals surface area contributed by atoms with E-state index in [9.17, 15) is 24.6 Å². The molecule has 3 aliphatic rings. The number of aryl methyl sites for hydroxylation is 1. The topological polar surface area (TPSA) is 165 Å². The van der Waals surface area contributed by atoms with Crippen molar-refractivity contribution >= 4 is 45.9 Å². The molecule has 3 aliphatic heterocycles. The van der Waals surface area contributed by atoms with Crippen molar-refractivity contribution in [3.8, 4) is 16.9 Å². The number of piperidine rings is 1. The van der Waals surface area contributed by atoms with Crippen LogP contribution in [0.15, 0.2) is 95.8 Å². The van der Waals surface area contributed by atoms with Gasteiger partial charge in [0.25, 0.3) is 0 Å². The zero-order chi connectivity index (χ0) is 39.1. The molecule has 0 radical (unpaired) electrons. The number of H-pyrrole nitrogens is 1. The fourth-order valence-corrected chi connectivity index (χ4v) is 8.82. The van der Waals surface area contributed by atoms with Gasteiger partial charge in [0.05, 0.1) is 42.1 Å². The van der Waals surface area contributed by atoms with Gasteiger partial charge in [-0.05, 0) is 59.0 Å². The summed E-state index contributed by atoms with van der Waals surface area (Å²) in [6.45, 7) is 0.603. The van der Waals surface area contributed by atoms with E-state index in [0.717, 1.165) is 39.6 Å². The highest BCUT2D eigenvalue weighted by atomic mass is 35.5. The number of nitrogens with zero attached hydrogens (tertiary/aromatic N) is 1. The van der Waals surface area contributed by atoms with Gasteiger partial charge in [0.2, 0.25) is 11.5 Å². The average molecular weight is 779 g/mol. The van der Waals surface area contributed by atoms with Crippen LogP contribution in [-0.2, 0) is 27.2 Å². The molecule has 6 atom stereocenters. The van der Waals surface area contributed by atoms with Crippen LogP contribution in [0.25, 0.3) is 22.0 Å². The molecule has 290 valence electrons. The Morgan fingerprint density at radius 2 is 1.68 bits per heavy atom. The largest absolute Gasteiger partial charge is 0.506 e. The van der Waals surface area contributed by atoms with E-state index in [1.54, 1.807) is 24.3 Å². The molecule has 1 unspecified atom stereocenters. The number of anilines is 2. The number of amides is 2. The number of aliphatic hydroxyl groups excluding tert-OH is 1. The second-order valence-electron chi connectivity index (χ2n) is 15.5. The first-order valence-corrected chi connectivity index (χ1v) is 19.3. The van der Waals surface area contributed by atoms with Crippen LogP contribution in [-0.4, -0.2) is 82.7 Å². The number of halogens is 1. The van der Waals surface area contributed by atoms with E-state index in [2.05, 4.69) is 35.0 Å². The molecule has 6 N–H and O–H groups in total. The first kappa shape index (κ1) is 37.7. The molecule has 1 aromatic heterocycles. The number of aliphatic hydroxyl groups is 1. The lowest BCUT2D eigenvalue weighted by molar-refractivity contribution is -0.938. The standard InChI is InChI=1S/C43H44ClN5O7/c1-49(2)34-20-27(21-35(49)42-41(34)56-42)55-43(54)47-33-19-24(8-11-28(33)26-6-4-3-5-7-26)10-16-38(52)46-32-14-9-25(18-31(32)44)22-45-23-37(51)29-12-15-36(50)40-30(29)13-17-39(53)48-40/h3-9,11-15,17-19,27,34-35,37,41-42,45,51H,10,16,20-23H2,1-2H3,(H3-,46,47,48,50,52,53,54)/p+1/t27?,34-,35+,37-,41-,42+/m0/s1. The highest BCUT2D eigenvalue weighted by molar-refractivity contribution is 6.33. The predicted octanol–water partition coefficient (Wildman–Crippen LogP) is 6.25. The quantitative estimate of drug-likeness (QED) is 0.0639. The van der Waals surface area contributed by atoms with Crippen molar-refractivity contribution in [2.75, 3.05) is 31.3 Å². The number of hydrogen-bond acceptors (Lipinski definition) is 8. The molecule has 5 aromatic rings. The van der Waals surface area contributed by atoms with Crippen LogP contribution in [0, 0.1) is 0 Å². The van der Waals surface area contributed by atoms with Crippen molar-refractivity contribution in [1.29, 1.82) is 0 Å². The van der Waals surface area contributed by atoms with E-state index >= 15 is 0 Å². The van der Waals surface area contributed by atoms with Gasteiger partial charge in [-0.2, -0.15) is 0 Å². The van der Waals surface area contributed by atoms with Gasteiger partial charge < -0.3 is 39.8 Å². The number of ether oxygens (including phenoxy) is 2. The highest BCUT2D eigenvalue weighted by Gasteiger charge is 2.70. The minimum atomic E-state index is -0.904. The number of benzene rings is 4. The van der Waals surface area contributed by atoms with E-state index in [1.807, 2.05) is 54.6 Å². The van der Waals surface area contributed by atoms with Crippen LogP contribution in [0.1, 0.15) is 42.1 Å². The number of nitrogens with one attached hydrogen (secondary N) is 4. The number of pyridine rings is 1. The van der Waals surface area contributed by atoms with Crippen molar-refractivity contribution in [2.45, 2.75) is 68.7 Å². The molecule has 56 heavy (non-hydrogen) atoms. The molecule has 4 heterocycles. The minimum Gasteiger partial charge on any atom is -0.506 e. The summed E-state index contributed by atoms with van der Waals surface area (Å²) < 4.78 is 12.8. The maximum atomic E-state index is 13.3. The smallest absolute Gasteiger partial charge is 0.411 e.